The third-order valence-electron chi connectivity index (χ3n) is 3.14. The lowest BCUT2D eigenvalue weighted by molar-refractivity contribution is 0.274. The molecule has 1 nitrogen and oxygen atoms in total. The Labute approximate surface area is 102 Å². The van der Waals surface area contributed by atoms with E-state index in [1.807, 2.05) is 0 Å². The number of hydrogen-bond acceptors (Lipinski definition) is 1. The molecule has 16 heavy (non-hydrogen) atoms. The molecule has 1 heteroatoms. The summed E-state index contributed by atoms with van der Waals surface area (Å²) in [5.74, 6) is 0.616. The maximum atomic E-state index is 4.22. The summed E-state index contributed by atoms with van der Waals surface area (Å²) < 4.78 is 0. The van der Waals surface area contributed by atoms with Gasteiger partial charge in [0.15, 0.2) is 0 Å². The van der Waals surface area contributed by atoms with Crippen molar-refractivity contribution in [2.24, 2.45) is 5.92 Å². The Kier molecular flexibility index (Phi) is 8.28. The molecular formula is C15H29N. The minimum Gasteiger partial charge on any atom is -0.303 e. The number of allylic oxidation sites excluding steroid dienone is 2. The summed E-state index contributed by atoms with van der Waals surface area (Å²) in [6, 6.07) is 0. The minimum atomic E-state index is 0.616. The van der Waals surface area contributed by atoms with E-state index in [9.17, 15) is 0 Å². The van der Waals surface area contributed by atoms with Gasteiger partial charge in [-0.3, -0.25) is 0 Å². The average Bonchev–Trinajstić information content (AvgIpc) is 2.24. The number of hydrogen-bond donors (Lipinski definition) is 0. The van der Waals surface area contributed by atoms with Gasteiger partial charge in [0.2, 0.25) is 0 Å². The summed E-state index contributed by atoms with van der Waals surface area (Å²) in [6.45, 7) is 18.7. The van der Waals surface area contributed by atoms with Gasteiger partial charge >= 0.3 is 0 Å². The maximum Gasteiger partial charge on any atom is 0.00440 e. The van der Waals surface area contributed by atoms with Crippen LogP contribution in [0.1, 0.15) is 47.5 Å². The van der Waals surface area contributed by atoms with Gasteiger partial charge in [0, 0.05) is 6.54 Å². The Morgan fingerprint density at radius 2 is 1.81 bits per heavy atom. The molecular weight excluding hydrogens is 194 g/mol. The molecule has 0 aromatic carbocycles. The van der Waals surface area contributed by atoms with Crippen LogP contribution in [0.4, 0.5) is 0 Å². The van der Waals surface area contributed by atoms with Crippen molar-refractivity contribution in [2.75, 3.05) is 19.6 Å². The van der Waals surface area contributed by atoms with Crippen LogP contribution in [0.25, 0.3) is 0 Å². The molecule has 0 bridgehead atoms. The van der Waals surface area contributed by atoms with Crippen molar-refractivity contribution in [1.29, 1.82) is 0 Å². The zero-order valence-corrected chi connectivity index (χ0v) is 11.8. The van der Waals surface area contributed by atoms with Gasteiger partial charge in [0.25, 0.3) is 0 Å². The van der Waals surface area contributed by atoms with Gasteiger partial charge in [-0.1, -0.05) is 44.6 Å². The lowest BCUT2D eigenvalue weighted by Gasteiger charge is -2.24. The maximum absolute atomic E-state index is 4.22. The van der Waals surface area contributed by atoms with Gasteiger partial charge in [0.1, 0.15) is 0 Å². The van der Waals surface area contributed by atoms with Crippen LogP contribution in [-0.2, 0) is 0 Å². The molecule has 0 radical (unpaired) electrons. The molecule has 0 aliphatic rings. The van der Waals surface area contributed by atoms with Crippen molar-refractivity contribution in [3.63, 3.8) is 0 Å². The van der Waals surface area contributed by atoms with Crippen LogP contribution < -0.4 is 0 Å². The molecule has 0 amide bonds. The van der Waals surface area contributed by atoms with Gasteiger partial charge in [-0.25, -0.2) is 0 Å². The Morgan fingerprint density at radius 3 is 2.25 bits per heavy atom. The van der Waals surface area contributed by atoms with Crippen molar-refractivity contribution in [2.45, 2.75) is 47.5 Å². The smallest absolute Gasteiger partial charge is 0.00440 e. The highest BCUT2D eigenvalue weighted by molar-refractivity contribution is 5.03. The monoisotopic (exact) mass is 223 g/mol. The number of nitrogens with zero attached hydrogens (tertiary/aromatic N) is 1. The van der Waals surface area contributed by atoms with E-state index in [4.69, 9.17) is 0 Å². The largest absolute Gasteiger partial charge is 0.303 e. The second-order valence-electron chi connectivity index (χ2n) is 4.87. The van der Waals surface area contributed by atoms with Crippen LogP contribution in [0.15, 0.2) is 23.8 Å². The fourth-order valence-electron chi connectivity index (χ4n) is 1.79. The van der Waals surface area contributed by atoms with Crippen LogP contribution in [0.3, 0.4) is 0 Å². The molecule has 0 aromatic heterocycles. The molecule has 0 fully saturated rings. The molecule has 0 aliphatic carbocycles. The fraction of sp³-hybridized carbons (Fsp3) is 0.733. The van der Waals surface area contributed by atoms with Crippen LogP contribution >= 0.6 is 0 Å². The molecule has 1 atom stereocenters. The molecule has 0 aliphatic heterocycles. The fourth-order valence-corrected chi connectivity index (χ4v) is 1.79. The summed E-state index contributed by atoms with van der Waals surface area (Å²) in [7, 11) is 0. The van der Waals surface area contributed by atoms with Crippen molar-refractivity contribution in [3.8, 4) is 0 Å². The second kappa shape index (κ2) is 8.58. The average molecular weight is 223 g/mol. The third-order valence-corrected chi connectivity index (χ3v) is 3.14. The van der Waals surface area contributed by atoms with Gasteiger partial charge in [-0.15, -0.1) is 0 Å². The summed E-state index contributed by atoms with van der Waals surface area (Å²) in [6.07, 6.45) is 4.58. The quantitative estimate of drug-likeness (QED) is 0.556. The Morgan fingerprint density at radius 1 is 1.25 bits per heavy atom. The lowest BCUT2D eigenvalue weighted by Crippen LogP contribution is -2.28. The predicted octanol–water partition coefficient (Wildman–Crippen LogP) is 4.27. The second-order valence-corrected chi connectivity index (χ2v) is 4.87. The first-order chi connectivity index (χ1) is 7.51. The van der Waals surface area contributed by atoms with Crippen molar-refractivity contribution in [3.05, 3.63) is 23.8 Å². The van der Waals surface area contributed by atoms with Crippen molar-refractivity contribution >= 4 is 0 Å². The Hall–Kier alpha value is -0.560. The minimum absolute atomic E-state index is 0.616. The topological polar surface area (TPSA) is 3.24 Å². The van der Waals surface area contributed by atoms with Crippen LogP contribution in [0.5, 0.6) is 0 Å². The van der Waals surface area contributed by atoms with Crippen LogP contribution in [-0.4, -0.2) is 24.5 Å². The predicted molar refractivity (Wildman–Crippen MR) is 74.8 cm³/mol. The van der Waals surface area contributed by atoms with Crippen molar-refractivity contribution in [1.82, 2.24) is 4.90 Å². The molecule has 0 saturated carbocycles. The lowest BCUT2D eigenvalue weighted by atomic mass is 9.97. The van der Waals surface area contributed by atoms with E-state index >= 15 is 0 Å². The highest BCUT2D eigenvalue weighted by Gasteiger charge is 2.09. The van der Waals surface area contributed by atoms with E-state index in [2.05, 4.69) is 52.2 Å². The summed E-state index contributed by atoms with van der Waals surface area (Å²) in [4.78, 5) is 2.47. The highest BCUT2D eigenvalue weighted by Crippen LogP contribution is 2.16. The van der Waals surface area contributed by atoms with Gasteiger partial charge in [-0.2, -0.15) is 0 Å². The van der Waals surface area contributed by atoms with E-state index in [-0.39, 0.29) is 0 Å². The molecule has 94 valence electrons. The molecule has 0 aromatic rings. The molecule has 0 N–H and O–H groups in total. The van der Waals surface area contributed by atoms with Crippen molar-refractivity contribution < 1.29 is 0 Å². The Bertz CT molecular complexity index is 220. The van der Waals surface area contributed by atoms with E-state index in [0.29, 0.717) is 5.92 Å². The Balaban J connectivity index is 3.94. The molecule has 0 saturated heterocycles. The molecule has 0 rings (SSSR count). The van der Waals surface area contributed by atoms with E-state index in [1.54, 1.807) is 0 Å². The van der Waals surface area contributed by atoms with E-state index in [0.717, 1.165) is 32.5 Å². The van der Waals surface area contributed by atoms with Crippen LogP contribution in [0, 0.1) is 5.92 Å². The third kappa shape index (κ3) is 6.84. The summed E-state index contributed by atoms with van der Waals surface area (Å²) >= 11 is 0. The summed E-state index contributed by atoms with van der Waals surface area (Å²) in [5.41, 5.74) is 2.80. The van der Waals surface area contributed by atoms with E-state index in [1.165, 1.54) is 11.1 Å². The first-order valence-electron chi connectivity index (χ1n) is 6.54. The first kappa shape index (κ1) is 15.4. The van der Waals surface area contributed by atoms with Gasteiger partial charge < -0.3 is 4.90 Å². The standard InChI is InChI=1S/C15H29N/c1-7-16(8-2)12-15(6)14(5)11-9-10-13(3)4/h10,15H,5,7-9,11-12H2,1-4,6H3. The summed E-state index contributed by atoms with van der Waals surface area (Å²) in [5, 5.41) is 0. The number of rotatable bonds is 8. The van der Waals surface area contributed by atoms with Crippen LogP contribution in [0.2, 0.25) is 0 Å². The zero-order chi connectivity index (χ0) is 12.6. The van der Waals surface area contributed by atoms with Gasteiger partial charge in [-0.05, 0) is 45.7 Å². The molecule has 0 heterocycles. The highest BCUT2D eigenvalue weighted by atomic mass is 15.1. The van der Waals surface area contributed by atoms with E-state index < -0.39 is 0 Å². The SMILES string of the molecule is C=C(CCC=C(C)C)C(C)CN(CC)CC. The van der Waals surface area contributed by atoms with Gasteiger partial charge in [0.05, 0.1) is 0 Å². The normalized spacial score (nSPS) is 12.6. The first-order valence-corrected chi connectivity index (χ1v) is 6.54. The molecule has 1 unspecified atom stereocenters. The molecule has 0 spiro atoms. The zero-order valence-electron chi connectivity index (χ0n) is 11.8.